The summed E-state index contributed by atoms with van der Waals surface area (Å²) in [5.41, 5.74) is 3.78. The first kappa shape index (κ1) is 11.7. The van der Waals surface area contributed by atoms with E-state index in [2.05, 4.69) is 55.5 Å². The number of nitrogens with zero attached hydrogens (tertiary/aromatic N) is 1. The van der Waals surface area contributed by atoms with E-state index in [9.17, 15) is 0 Å². The molecule has 0 unspecified atom stereocenters. The molecule has 0 spiro atoms. The topological polar surface area (TPSA) is 12.9 Å². The number of hydrogen-bond donors (Lipinski definition) is 0. The highest BCUT2D eigenvalue weighted by atomic mass is 79.9. The molecule has 0 aliphatic rings. The van der Waals surface area contributed by atoms with E-state index in [0.29, 0.717) is 11.8 Å². The average Bonchev–Trinajstić information content (AvgIpc) is 2.02. The summed E-state index contributed by atoms with van der Waals surface area (Å²) in [7, 11) is 0. The number of pyridine rings is 1. The largest absolute Gasteiger partial charge is 0.261 e. The lowest BCUT2D eigenvalue weighted by atomic mass is 9.96. The fraction of sp³-hybridized carbons (Fsp3) is 0.583. The first-order valence-corrected chi connectivity index (χ1v) is 5.89. The quantitative estimate of drug-likeness (QED) is 0.764. The van der Waals surface area contributed by atoms with Gasteiger partial charge < -0.3 is 0 Å². The van der Waals surface area contributed by atoms with E-state index in [1.54, 1.807) is 0 Å². The highest BCUT2D eigenvalue weighted by Crippen LogP contribution is 2.33. The molecular weight excluding hydrogens is 238 g/mol. The van der Waals surface area contributed by atoms with Gasteiger partial charge in [-0.25, -0.2) is 0 Å². The van der Waals surface area contributed by atoms with E-state index in [4.69, 9.17) is 0 Å². The third-order valence-electron chi connectivity index (χ3n) is 2.48. The van der Waals surface area contributed by atoms with Crippen LogP contribution in [0.4, 0.5) is 0 Å². The van der Waals surface area contributed by atoms with E-state index in [0.717, 1.165) is 5.69 Å². The lowest BCUT2D eigenvalue weighted by Crippen LogP contribution is -2.01. The molecule has 0 bridgehead atoms. The van der Waals surface area contributed by atoms with Crippen molar-refractivity contribution in [2.75, 3.05) is 0 Å². The molecule has 1 aromatic heterocycles. The first-order chi connectivity index (χ1) is 6.45. The average molecular weight is 256 g/mol. The molecule has 0 aliphatic carbocycles. The number of aryl methyl sites for hydroxylation is 1. The van der Waals surface area contributed by atoms with Crippen molar-refractivity contribution in [3.8, 4) is 0 Å². The predicted molar refractivity (Wildman–Crippen MR) is 64.9 cm³/mol. The van der Waals surface area contributed by atoms with Gasteiger partial charge in [-0.15, -0.1) is 0 Å². The van der Waals surface area contributed by atoms with Gasteiger partial charge in [0, 0.05) is 16.4 Å². The van der Waals surface area contributed by atoms with Crippen molar-refractivity contribution in [2.45, 2.75) is 46.5 Å². The minimum atomic E-state index is 0.523. The molecule has 0 fully saturated rings. The van der Waals surface area contributed by atoms with Crippen molar-refractivity contribution in [1.29, 1.82) is 0 Å². The van der Waals surface area contributed by atoms with Gasteiger partial charge >= 0.3 is 0 Å². The van der Waals surface area contributed by atoms with Crippen molar-refractivity contribution in [3.05, 3.63) is 27.5 Å². The summed E-state index contributed by atoms with van der Waals surface area (Å²) in [6.07, 6.45) is 1.98. The molecule has 78 valence electrons. The lowest BCUT2D eigenvalue weighted by molar-refractivity contribution is 0.798. The minimum Gasteiger partial charge on any atom is -0.261 e. The van der Waals surface area contributed by atoms with Crippen molar-refractivity contribution >= 4 is 15.9 Å². The van der Waals surface area contributed by atoms with Crippen LogP contribution in [0.15, 0.2) is 10.7 Å². The normalized spacial score (nSPS) is 11.4. The van der Waals surface area contributed by atoms with Gasteiger partial charge in [0.15, 0.2) is 0 Å². The van der Waals surface area contributed by atoms with Gasteiger partial charge in [-0.05, 0) is 29.9 Å². The number of rotatable bonds is 2. The van der Waals surface area contributed by atoms with Crippen molar-refractivity contribution < 1.29 is 0 Å². The maximum Gasteiger partial charge on any atom is 0.0418 e. The molecule has 0 aliphatic heterocycles. The number of halogens is 1. The molecule has 1 aromatic rings. The van der Waals surface area contributed by atoms with Crippen LogP contribution < -0.4 is 0 Å². The van der Waals surface area contributed by atoms with Gasteiger partial charge in [0.2, 0.25) is 0 Å². The summed E-state index contributed by atoms with van der Waals surface area (Å²) < 4.78 is 1.25. The van der Waals surface area contributed by atoms with Crippen LogP contribution in [-0.2, 0) is 0 Å². The van der Waals surface area contributed by atoms with Crippen LogP contribution in [-0.4, -0.2) is 4.98 Å². The van der Waals surface area contributed by atoms with E-state index < -0.39 is 0 Å². The van der Waals surface area contributed by atoms with Crippen LogP contribution in [0.2, 0.25) is 0 Å². The molecule has 14 heavy (non-hydrogen) atoms. The molecule has 0 amide bonds. The zero-order valence-corrected chi connectivity index (χ0v) is 11.1. The molecule has 1 nitrogen and oxygen atoms in total. The molecular formula is C12H18BrN. The smallest absolute Gasteiger partial charge is 0.0418 e. The summed E-state index contributed by atoms with van der Waals surface area (Å²) in [6.45, 7) is 10.9. The predicted octanol–water partition coefficient (Wildman–Crippen LogP) is 4.40. The van der Waals surface area contributed by atoms with Crippen LogP contribution in [0.3, 0.4) is 0 Å². The van der Waals surface area contributed by atoms with Crippen LogP contribution in [0.25, 0.3) is 0 Å². The lowest BCUT2D eigenvalue weighted by Gasteiger charge is -2.16. The molecule has 0 N–H and O–H groups in total. The Kier molecular flexibility index (Phi) is 3.71. The number of aromatic nitrogens is 1. The fourth-order valence-electron chi connectivity index (χ4n) is 1.68. The van der Waals surface area contributed by atoms with Crippen LogP contribution >= 0.6 is 15.9 Å². The second kappa shape index (κ2) is 4.43. The molecule has 1 rings (SSSR count). The van der Waals surface area contributed by atoms with Gasteiger partial charge in [-0.1, -0.05) is 43.6 Å². The number of hydrogen-bond acceptors (Lipinski definition) is 1. The molecule has 0 saturated heterocycles. The minimum absolute atomic E-state index is 0.523. The van der Waals surface area contributed by atoms with E-state index in [1.165, 1.54) is 15.6 Å². The summed E-state index contributed by atoms with van der Waals surface area (Å²) in [5, 5.41) is 0. The SMILES string of the molecule is Cc1ncc(C(C)C)c(Br)c1C(C)C. The third-order valence-corrected chi connectivity index (χ3v) is 3.36. The Morgan fingerprint density at radius 2 is 1.71 bits per heavy atom. The van der Waals surface area contributed by atoms with E-state index >= 15 is 0 Å². The Morgan fingerprint density at radius 1 is 1.14 bits per heavy atom. The Hall–Kier alpha value is -0.370. The Morgan fingerprint density at radius 3 is 2.14 bits per heavy atom. The molecule has 0 saturated carbocycles. The second-order valence-corrected chi connectivity index (χ2v) is 5.13. The van der Waals surface area contributed by atoms with Crippen LogP contribution in [0.5, 0.6) is 0 Å². The van der Waals surface area contributed by atoms with E-state index in [1.807, 2.05) is 6.20 Å². The highest BCUT2D eigenvalue weighted by molar-refractivity contribution is 9.10. The fourth-order valence-corrected chi connectivity index (χ4v) is 2.99. The first-order valence-electron chi connectivity index (χ1n) is 5.10. The third kappa shape index (κ3) is 2.17. The highest BCUT2D eigenvalue weighted by Gasteiger charge is 2.14. The molecule has 0 atom stereocenters. The molecule has 1 heterocycles. The van der Waals surface area contributed by atoms with Crippen molar-refractivity contribution in [1.82, 2.24) is 4.98 Å². The second-order valence-electron chi connectivity index (χ2n) is 4.34. The molecule has 2 heteroatoms. The zero-order valence-electron chi connectivity index (χ0n) is 9.56. The van der Waals surface area contributed by atoms with Crippen LogP contribution in [0, 0.1) is 6.92 Å². The van der Waals surface area contributed by atoms with Gasteiger partial charge in [-0.3, -0.25) is 4.98 Å². The molecule has 0 radical (unpaired) electrons. The van der Waals surface area contributed by atoms with Gasteiger partial charge in [-0.2, -0.15) is 0 Å². The summed E-state index contributed by atoms with van der Waals surface area (Å²) in [4.78, 5) is 4.45. The van der Waals surface area contributed by atoms with Crippen molar-refractivity contribution in [2.24, 2.45) is 0 Å². The Balaban J connectivity index is 3.34. The monoisotopic (exact) mass is 255 g/mol. The summed E-state index contributed by atoms with van der Waals surface area (Å²) in [5.74, 6) is 1.05. The maximum atomic E-state index is 4.45. The van der Waals surface area contributed by atoms with Gasteiger partial charge in [0.05, 0.1) is 0 Å². The Labute approximate surface area is 95.1 Å². The maximum absolute atomic E-state index is 4.45. The summed E-state index contributed by atoms with van der Waals surface area (Å²) >= 11 is 3.69. The van der Waals surface area contributed by atoms with Crippen LogP contribution in [0.1, 0.15) is 56.4 Å². The van der Waals surface area contributed by atoms with Crippen molar-refractivity contribution in [3.63, 3.8) is 0 Å². The summed E-state index contributed by atoms with van der Waals surface area (Å²) in [6, 6.07) is 0. The zero-order chi connectivity index (χ0) is 10.9. The standard InChI is InChI=1S/C12H18BrN/c1-7(2)10-6-14-9(5)11(8(3)4)12(10)13/h6-8H,1-5H3. The Bertz CT molecular complexity index is 329. The van der Waals surface area contributed by atoms with E-state index in [-0.39, 0.29) is 0 Å². The molecule has 0 aromatic carbocycles. The van der Waals surface area contributed by atoms with Gasteiger partial charge in [0.25, 0.3) is 0 Å². The van der Waals surface area contributed by atoms with Gasteiger partial charge in [0.1, 0.15) is 0 Å².